The molecular weight excluding hydrogens is 823 g/mol. The summed E-state index contributed by atoms with van der Waals surface area (Å²) in [7, 11) is 2.29. The molecule has 0 spiro atoms. The number of unbranched alkanes of at least 4 members (excludes halogenated alkanes) is 1. The van der Waals surface area contributed by atoms with Crippen molar-refractivity contribution < 1.29 is 9.59 Å². The lowest BCUT2D eigenvalue weighted by atomic mass is 9.89. The number of hydrogen-bond acceptors (Lipinski definition) is 9. The molecule has 4 aliphatic heterocycles. The van der Waals surface area contributed by atoms with Gasteiger partial charge in [-0.05, 0) is 149 Å². The molecule has 0 radical (unpaired) electrons. The van der Waals surface area contributed by atoms with Crippen molar-refractivity contribution in [2.24, 2.45) is 5.92 Å². The molecule has 0 saturated carbocycles. The van der Waals surface area contributed by atoms with Crippen molar-refractivity contribution in [3.8, 4) is 0 Å². The van der Waals surface area contributed by atoms with Gasteiger partial charge < -0.3 is 4.90 Å². The summed E-state index contributed by atoms with van der Waals surface area (Å²) in [6, 6.07) is 2.49. The molecule has 4 saturated heterocycles. The van der Waals surface area contributed by atoms with Gasteiger partial charge in [0.25, 0.3) is 0 Å². The maximum Gasteiger partial charge on any atom is 0.152 e. The van der Waals surface area contributed by atoms with Crippen LogP contribution in [0.5, 0.6) is 0 Å². The molecule has 10 nitrogen and oxygen atoms in total. The van der Waals surface area contributed by atoms with Crippen LogP contribution in [0.25, 0.3) is 0 Å². The number of piperazine rings is 1. The van der Waals surface area contributed by atoms with Crippen LogP contribution in [0, 0.1) is 12.8 Å². The smallest absolute Gasteiger partial charge is 0.152 e. The fourth-order valence-corrected chi connectivity index (χ4v) is 8.26. The van der Waals surface area contributed by atoms with Crippen LogP contribution in [0.1, 0.15) is 156 Å². The lowest BCUT2D eigenvalue weighted by molar-refractivity contribution is -0.127. The first-order valence-electron chi connectivity index (χ1n) is 22.6. The zero-order valence-electron chi connectivity index (χ0n) is 38.3. The number of fused-ring (bicyclic) bond motifs is 2. The topological polar surface area (TPSA) is 90.7 Å². The Morgan fingerprint density at radius 2 is 1.39 bits per heavy atom. The van der Waals surface area contributed by atoms with Gasteiger partial charge in [0.05, 0.1) is 12.2 Å². The minimum Gasteiger partial charge on any atom is -0.303 e. The molecule has 6 rings (SSSR count). The van der Waals surface area contributed by atoms with E-state index in [2.05, 4.69) is 69.4 Å². The third-order valence-corrected chi connectivity index (χ3v) is 12.0. The van der Waals surface area contributed by atoms with Crippen molar-refractivity contribution in [3.05, 3.63) is 42.2 Å². The van der Waals surface area contributed by atoms with Crippen LogP contribution in [-0.2, 0) is 16.1 Å². The summed E-state index contributed by atoms with van der Waals surface area (Å²) >= 11 is 0. The molecule has 2 unspecified atom stereocenters. The van der Waals surface area contributed by atoms with Crippen LogP contribution < -0.4 is 0 Å². The third kappa shape index (κ3) is 19.9. The number of likely N-dealkylation sites (tertiary alicyclic amines) is 3. The first-order chi connectivity index (χ1) is 26.9. The summed E-state index contributed by atoms with van der Waals surface area (Å²) in [5.41, 5.74) is 2.46. The third-order valence-electron chi connectivity index (χ3n) is 12.0. The quantitative estimate of drug-likeness (QED) is 0.144. The fourth-order valence-electron chi connectivity index (χ4n) is 8.26. The highest BCUT2D eigenvalue weighted by molar-refractivity contribution is 14.0. The second-order valence-electron chi connectivity index (χ2n) is 16.8. The summed E-state index contributed by atoms with van der Waals surface area (Å²) < 4.78 is 1.91. The van der Waals surface area contributed by atoms with Crippen molar-refractivity contribution >= 4 is 35.5 Å². The fraction of sp³-hybridized carbons (Fsp3) is 0.804. The molecule has 328 valence electrons. The second kappa shape index (κ2) is 30.3. The summed E-state index contributed by atoms with van der Waals surface area (Å²) in [4.78, 5) is 41.6. The Labute approximate surface area is 366 Å². The number of Topliss-reactive ketones (excluding diaryl/α,β-unsaturated/α-hetero) is 2. The van der Waals surface area contributed by atoms with Crippen molar-refractivity contribution in [2.45, 2.75) is 183 Å². The zero-order chi connectivity index (χ0) is 41.5. The molecule has 4 aliphatic rings. The van der Waals surface area contributed by atoms with E-state index >= 15 is 0 Å². The summed E-state index contributed by atoms with van der Waals surface area (Å²) in [5, 5.41) is 4.05. The average Bonchev–Trinajstić information content (AvgIpc) is 3.72. The number of nitrogens with zero attached hydrogens (tertiary/aromatic N) is 8. The van der Waals surface area contributed by atoms with Gasteiger partial charge in [-0.1, -0.05) is 41.0 Å². The molecule has 6 heterocycles. The number of likely N-dealkylation sites (N-methyl/N-ethyl adjacent to an activating group) is 1. The number of ketones is 2. The maximum atomic E-state index is 12.0. The number of piperidine rings is 2. The van der Waals surface area contributed by atoms with Crippen molar-refractivity contribution in [1.29, 1.82) is 0 Å². The highest BCUT2D eigenvalue weighted by Crippen LogP contribution is 2.29. The SMILES string of the molecule is CC.CC(C)C(=O)[C@@H](C)N1CCC(c2cncnc2)CC1.CC(C)N1CC2CCC(C1)N2C.CCCC(=O)CCCCN1CCCCC1.CCn1cc(C)cn1.I. The van der Waals surface area contributed by atoms with E-state index in [1.165, 1.54) is 82.4 Å². The summed E-state index contributed by atoms with van der Waals surface area (Å²) in [6.45, 7) is 30.1. The van der Waals surface area contributed by atoms with Gasteiger partial charge >= 0.3 is 0 Å². The number of carbonyl (C=O) groups is 2. The van der Waals surface area contributed by atoms with Crippen molar-refractivity contribution in [1.82, 2.24) is 39.3 Å². The van der Waals surface area contributed by atoms with Crippen LogP contribution in [-0.4, -0.2) is 128 Å². The number of aromatic nitrogens is 4. The normalized spacial score (nSPS) is 20.7. The first-order valence-corrected chi connectivity index (χ1v) is 22.6. The second-order valence-corrected chi connectivity index (χ2v) is 16.8. The maximum absolute atomic E-state index is 12.0. The number of rotatable bonds is 13. The van der Waals surface area contributed by atoms with Crippen LogP contribution >= 0.6 is 24.0 Å². The molecule has 0 aromatic carbocycles. The Kier molecular flexibility index (Phi) is 28.3. The Balaban J connectivity index is 0.000000386. The molecule has 0 N–H and O–H groups in total. The van der Waals surface area contributed by atoms with E-state index in [-0.39, 0.29) is 35.9 Å². The lowest BCUT2D eigenvalue weighted by Gasteiger charge is -2.40. The first kappa shape index (κ1) is 53.2. The molecule has 3 atom stereocenters. The highest BCUT2D eigenvalue weighted by atomic mass is 127. The molecule has 57 heavy (non-hydrogen) atoms. The highest BCUT2D eigenvalue weighted by Gasteiger charge is 2.37. The lowest BCUT2D eigenvalue weighted by Crippen LogP contribution is -2.53. The Morgan fingerprint density at radius 1 is 0.789 bits per heavy atom. The number of hydrogen-bond donors (Lipinski definition) is 0. The number of aryl methyl sites for hydroxylation is 2. The van der Waals surface area contributed by atoms with E-state index in [0.29, 0.717) is 17.5 Å². The summed E-state index contributed by atoms with van der Waals surface area (Å²) in [6.07, 6.45) is 23.3. The Hall–Kier alpha value is -1.80. The van der Waals surface area contributed by atoms with Gasteiger partial charge in [-0.25, -0.2) is 9.97 Å². The van der Waals surface area contributed by atoms with Crippen LogP contribution in [0.4, 0.5) is 0 Å². The number of halogens is 1. The predicted octanol–water partition coefficient (Wildman–Crippen LogP) is 9.31. The minimum atomic E-state index is 0. The molecule has 0 aliphatic carbocycles. The average molecular weight is 909 g/mol. The molecular formula is C46H85IN8O2. The Morgan fingerprint density at radius 3 is 1.86 bits per heavy atom. The standard InChI is InChI=1S/C15H23N3O.C13H25NO.C10H20N2.C6H10N2.C2H6.HI/c1-11(2)15(19)12(3)18-6-4-13(5-7-18)14-8-16-10-17-9-14;1-2-8-13(15)9-4-7-12-14-10-5-3-6-11-14;1-8(2)12-6-9-4-5-10(7-12)11(9)3;1-3-8-5-6(2)4-7-8;1-2;/h8-13H,4-7H2,1-3H3;2-12H2,1H3;8-10H,4-7H2,1-3H3;4-5H,3H2,1-2H3;1-2H3;1H/t12-;;;;;/m1...../s1. The molecule has 2 aromatic heterocycles. The largest absolute Gasteiger partial charge is 0.303 e. The monoisotopic (exact) mass is 909 g/mol. The summed E-state index contributed by atoms with van der Waals surface area (Å²) in [5.74, 6) is 1.46. The van der Waals surface area contributed by atoms with Gasteiger partial charge in [-0.15, -0.1) is 24.0 Å². The molecule has 2 bridgehead atoms. The van der Waals surface area contributed by atoms with E-state index in [1.54, 1.807) is 6.33 Å². The predicted molar refractivity (Wildman–Crippen MR) is 250 cm³/mol. The van der Waals surface area contributed by atoms with E-state index in [4.69, 9.17) is 0 Å². The van der Waals surface area contributed by atoms with E-state index in [9.17, 15) is 9.59 Å². The van der Waals surface area contributed by atoms with E-state index < -0.39 is 0 Å². The molecule has 2 aromatic rings. The molecule has 0 amide bonds. The van der Waals surface area contributed by atoms with Gasteiger partial charge in [-0.2, -0.15) is 5.10 Å². The van der Waals surface area contributed by atoms with Crippen LogP contribution in [0.3, 0.4) is 0 Å². The van der Waals surface area contributed by atoms with Gasteiger partial charge in [-0.3, -0.25) is 29.0 Å². The van der Waals surface area contributed by atoms with Gasteiger partial charge in [0.1, 0.15) is 12.1 Å². The van der Waals surface area contributed by atoms with Gasteiger partial charge in [0.2, 0.25) is 0 Å². The van der Waals surface area contributed by atoms with Gasteiger partial charge in [0.15, 0.2) is 5.78 Å². The molecule has 11 heteroatoms. The Bertz CT molecular complexity index is 1300. The minimum absolute atomic E-state index is 0. The van der Waals surface area contributed by atoms with Crippen LogP contribution in [0.2, 0.25) is 0 Å². The van der Waals surface area contributed by atoms with E-state index in [0.717, 1.165) is 76.3 Å². The van der Waals surface area contributed by atoms with Crippen molar-refractivity contribution in [3.63, 3.8) is 0 Å². The number of carbonyl (C=O) groups excluding carboxylic acids is 2. The molecule has 4 fully saturated rings. The van der Waals surface area contributed by atoms with Gasteiger partial charge in [0, 0.05) is 75.1 Å². The zero-order valence-corrected chi connectivity index (χ0v) is 40.6. The van der Waals surface area contributed by atoms with E-state index in [1.807, 2.05) is 71.0 Å². The van der Waals surface area contributed by atoms with Crippen LogP contribution in [0.15, 0.2) is 31.1 Å². The van der Waals surface area contributed by atoms with Crippen molar-refractivity contribution in [2.75, 3.05) is 52.9 Å².